The highest BCUT2D eigenvalue weighted by molar-refractivity contribution is 5.94. The van der Waals surface area contributed by atoms with Gasteiger partial charge in [-0.1, -0.05) is 6.07 Å². The van der Waals surface area contributed by atoms with E-state index in [1.165, 1.54) is 23.2 Å². The number of hydrogen-bond acceptors (Lipinski definition) is 3. The van der Waals surface area contributed by atoms with Crippen LogP contribution in [0.2, 0.25) is 0 Å². The van der Waals surface area contributed by atoms with E-state index in [4.69, 9.17) is 0 Å². The summed E-state index contributed by atoms with van der Waals surface area (Å²) in [4.78, 5) is 27.3. The van der Waals surface area contributed by atoms with Gasteiger partial charge < -0.3 is 5.32 Å². The molecule has 110 valence electrons. The lowest BCUT2D eigenvalue weighted by atomic mass is 10.2. The molecule has 2 aromatic rings. The average Bonchev–Trinajstić information content (AvgIpc) is 2.43. The van der Waals surface area contributed by atoms with Crippen LogP contribution in [0, 0.1) is 18.6 Å². The first-order valence-corrected chi connectivity index (χ1v) is 6.24. The molecule has 7 heteroatoms. The molecular weight excluding hydrogens is 280 g/mol. The molecule has 1 heterocycles. The summed E-state index contributed by atoms with van der Waals surface area (Å²) in [5.41, 5.74) is -0.382. The summed E-state index contributed by atoms with van der Waals surface area (Å²) in [5, 5.41) is 2.37. The maximum Gasteiger partial charge on any atom is 0.257 e. The lowest BCUT2D eigenvalue weighted by molar-refractivity contribution is 0.0943. The summed E-state index contributed by atoms with van der Waals surface area (Å²) < 4.78 is 28.1. The highest BCUT2D eigenvalue weighted by atomic mass is 19.1. The fraction of sp³-hybridized carbons (Fsp3) is 0.214. The molecule has 1 aromatic carbocycles. The Balaban J connectivity index is 2.02. The molecule has 21 heavy (non-hydrogen) atoms. The number of amides is 1. The van der Waals surface area contributed by atoms with Gasteiger partial charge in [0.05, 0.1) is 6.33 Å². The Kier molecular flexibility index (Phi) is 4.42. The molecule has 0 saturated carbocycles. The van der Waals surface area contributed by atoms with Gasteiger partial charge in [0.15, 0.2) is 0 Å². The highest BCUT2D eigenvalue weighted by Gasteiger charge is 2.16. The minimum atomic E-state index is -0.929. The van der Waals surface area contributed by atoms with E-state index in [2.05, 4.69) is 10.3 Å². The van der Waals surface area contributed by atoms with Crippen molar-refractivity contribution in [3.8, 4) is 0 Å². The third kappa shape index (κ3) is 3.31. The van der Waals surface area contributed by atoms with Gasteiger partial charge in [0.1, 0.15) is 17.2 Å². The van der Waals surface area contributed by atoms with Gasteiger partial charge in [-0.3, -0.25) is 14.2 Å². The summed E-state index contributed by atoms with van der Waals surface area (Å²) in [5.74, 6) is -2.72. The van der Waals surface area contributed by atoms with E-state index in [0.29, 0.717) is 5.56 Å². The van der Waals surface area contributed by atoms with Crippen molar-refractivity contribution in [3.05, 3.63) is 63.8 Å². The minimum Gasteiger partial charge on any atom is -0.350 e. The number of aryl methyl sites for hydroxylation is 1. The number of nitrogens with zero attached hydrogens (tertiary/aromatic N) is 2. The molecule has 0 atom stereocenters. The highest BCUT2D eigenvalue weighted by Crippen LogP contribution is 2.11. The van der Waals surface area contributed by atoms with Crippen molar-refractivity contribution in [1.82, 2.24) is 14.9 Å². The van der Waals surface area contributed by atoms with Crippen LogP contribution in [0.4, 0.5) is 8.78 Å². The van der Waals surface area contributed by atoms with Gasteiger partial charge in [0.2, 0.25) is 0 Å². The summed E-state index contributed by atoms with van der Waals surface area (Å²) >= 11 is 0. The van der Waals surface area contributed by atoms with E-state index in [-0.39, 0.29) is 18.6 Å². The van der Waals surface area contributed by atoms with Gasteiger partial charge in [-0.25, -0.2) is 13.8 Å². The fourth-order valence-corrected chi connectivity index (χ4v) is 1.81. The van der Waals surface area contributed by atoms with Gasteiger partial charge in [-0.2, -0.15) is 0 Å². The van der Waals surface area contributed by atoms with E-state index in [9.17, 15) is 18.4 Å². The quantitative estimate of drug-likeness (QED) is 0.923. The maximum atomic E-state index is 13.4. The third-order valence-electron chi connectivity index (χ3n) is 2.90. The van der Waals surface area contributed by atoms with Gasteiger partial charge in [0.25, 0.3) is 11.5 Å². The van der Waals surface area contributed by atoms with E-state index in [0.717, 1.165) is 12.1 Å². The molecule has 0 bridgehead atoms. The molecule has 0 aliphatic heterocycles. The zero-order chi connectivity index (χ0) is 15.4. The molecule has 0 aliphatic carbocycles. The fourth-order valence-electron chi connectivity index (χ4n) is 1.81. The van der Waals surface area contributed by atoms with Crippen LogP contribution in [0.3, 0.4) is 0 Å². The summed E-state index contributed by atoms with van der Waals surface area (Å²) in [7, 11) is 0. The zero-order valence-electron chi connectivity index (χ0n) is 11.3. The summed E-state index contributed by atoms with van der Waals surface area (Å²) in [6.07, 6.45) is 2.78. The van der Waals surface area contributed by atoms with Crippen LogP contribution in [0.5, 0.6) is 0 Å². The van der Waals surface area contributed by atoms with E-state index < -0.39 is 23.1 Å². The second-order valence-corrected chi connectivity index (χ2v) is 4.43. The average molecular weight is 293 g/mol. The first-order valence-electron chi connectivity index (χ1n) is 6.24. The Morgan fingerprint density at radius 3 is 2.67 bits per heavy atom. The normalized spacial score (nSPS) is 10.4. The van der Waals surface area contributed by atoms with Gasteiger partial charge >= 0.3 is 0 Å². The number of carbonyl (C=O) groups excluding carboxylic acids is 1. The van der Waals surface area contributed by atoms with Crippen molar-refractivity contribution < 1.29 is 13.6 Å². The van der Waals surface area contributed by atoms with Gasteiger partial charge in [0, 0.05) is 24.8 Å². The smallest absolute Gasteiger partial charge is 0.257 e. The predicted molar refractivity (Wildman–Crippen MR) is 71.9 cm³/mol. The van der Waals surface area contributed by atoms with Gasteiger partial charge in [-0.05, 0) is 19.1 Å². The molecule has 0 fully saturated rings. The van der Waals surface area contributed by atoms with Gasteiger partial charge in [-0.15, -0.1) is 0 Å². The van der Waals surface area contributed by atoms with Crippen molar-refractivity contribution in [1.29, 1.82) is 0 Å². The predicted octanol–water partition coefficient (Wildman–Crippen LogP) is 1.26. The largest absolute Gasteiger partial charge is 0.350 e. The lowest BCUT2D eigenvalue weighted by Crippen LogP contribution is -2.32. The van der Waals surface area contributed by atoms with Crippen molar-refractivity contribution in [2.75, 3.05) is 6.54 Å². The standard InChI is InChI=1S/C14H13F2N3O2/c1-9-7-17-8-19(14(9)21)6-5-18-13(20)12-10(15)3-2-4-11(12)16/h2-4,7-8H,5-6H2,1H3,(H,18,20). The summed E-state index contributed by atoms with van der Waals surface area (Å²) in [6, 6.07) is 3.19. The molecule has 0 radical (unpaired) electrons. The molecule has 0 aliphatic rings. The van der Waals surface area contributed by atoms with E-state index in [1.54, 1.807) is 6.92 Å². The van der Waals surface area contributed by atoms with Crippen LogP contribution in [-0.2, 0) is 6.54 Å². The van der Waals surface area contributed by atoms with Crippen LogP contribution in [0.15, 0.2) is 35.5 Å². The molecule has 0 spiro atoms. The number of nitrogens with one attached hydrogen (secondary N) is 1. The Hall–Kier alpha value is -2.57. The lowest BCUT2D eigenvalue weighted by Gasteiger charge is -2.08. The topological polar surface area (TPSA) is 64.0 Å². The summed E-state index contributed by atoms with van der Waals surface area (Å²) in [6.45, 7) is 1.84. The maximum absolute atomic E-state index is 13.4. The van der Waals surface area contributed by atoms with Crippen molar-refractivity contribution in [2.24, 2.45) is 0 Å². The number of halogens is 2. The molecule has 1 amide bonds. The minimum absolute atomic E-state index is 0.0532. The zero-order valence-corrected chi connectivity index (χ0v) is 11.3. The van der Waals surface area contributed by atoms with Crippen molar-refractivity contribution >= 4 is 5.91 Å². The Labute approximate surface area is 119 Å². The number of aromatic nitrogens is 2. The Morgan fingerprint density at radius 2 is 2.00 bits per heavy atom. The van der Waals surface area contributed by atoms with E-state index in [1.807, 2.05) is 0 Å². The number of carbonyl (C=O) groups is 1. The number of benzene rings is 1. The van der Waals surface area contributed by atoms with Crippen LogP contribution in [0.25, 0.3) is 0 Å². The van der Waals surface area contributed by atoms with Crippen molar-refractivity contribution in [2.45, 2.75) is 13.5 Å². The van der Waals surface area contributed by atoms with Crippen LogP contribution in [-0.4, -0.2) is 22.0 Å². The molecule has 1 aromatic heterocycles. The second-order valence-electron chi connectivity index (χ2n) is 4.43. The van der Waals surface area contributed by atoms with Crippen molar-refractivity contribution in [3.63, 3.8) is 0 Å². The van der Waals surface area contributed by atoms with Crippen LogP contribution in [0.1, 0.15) is 15.9 Å². The second kappa shape index (κ2) is 6.25. The molecule has 0 saturated heterocycles. The van der Waals surface area contributed by atoms with E-state index >= 15 is 0 Å². The molecule has 5 nitrogen and oxygen atoms in total. The number of rotatable bonds is 4. The van der Waals surface area contributed by atoms with Crippen LogP contribution < -0.4 is 10.9 Å². The Morgan fingerprint density at radius 1 is 1.33 bits per heavy atom. The molecule has 0 unspecified atom stereocenters. The Bertz CT molecular complexity index is 708. The molecular formula is C14H13F2N3O2. The third-order valence-corrected chi connectivity index (χ3v) is 2.90. The van der Waals surface area contributed by atoms with Crippen LogP contribution >= 0.6 is 0 Å². The SMILES string of the molecule is Cc1cncn(CCNC(=O)c2c(F)cccc2F)c1=O. The molecule has 1 N–H and O–H groups in total. The molecule has 2 rings (SSSR count). The monoisotopic (exact) mass is 293 g/mol. The first kappa shape index (κ1) is 14.8. The number of hydrogen-bond donors (Lipinski definition) is 1. The first-order chi connectivity index (χ1) is 10.0.